The molecule has 1 rings (SSSR count). The van der Waals surface area contributed by atoms with Gasteiger partial charge in [-0.15, -0.1) is 0 Å². The molecule has 0 aliphatic carbocycles. The first-order valence-corrected chi connectivity index (χ1v) is 4.83. The molecule has 15 heavy (non-hydrogen) atoms. The molecule has 0 aliphatic heterocycles. The largest absolute Gasteiger partial charge is 0.323 e. The van der Waals surface area contributed by atoms with Crippen molar-refractivity contribution in [3.05, 3.63) is 48.6 Å². The molecule has 0 bridgehead atoms. The van der Waals surface area contributed by atoms with Crippen LogP contribution >= 0.6 is 0 Å². The van der Waals surface area contributed by atoms with Crippen molar-refractivity contribution in [3.8, 4) is 0 Å². The topological polar surface area (TPSA) is 29.1 Å². The second-order valence-electron chi connectivity index (χ2n) is 3.35. The van der Waals surface area contributed by atoms with E-state index in [-0.39, 0.29) is 5.91 Å². The number of hydrogen-bond donors (Lipinski definition) is 1. The van der Waals surface area contributed by atoms with Gasteiger partial charge in [0.1, 0.15) is 0 Å². The van der Waals surface area contributed by atoms with Gasteiger partial charge in [-0.25, -0.2) is 0 Å². The second-order valence-corrected chi connectivity index (χ2v) is 3.35. The Morgan fingerprint density at radius 2 is 2.20 bits per heavy atom. The van der Waals surface area contributed by atoms with Crippen LogP contribution in [0.3, 0.4) is 0 Å². The van der Waals surface area contributed by atoms with Crippen molar-refractivity contribution in [2.75, 3.05) is 5.32 Å². The summed E-state index contributed by atoms with van der Waals surface area (Å²) in [6, 6.07) is 7.63. The highest BCUT2D eigenvalue weighted by atomic mass is 16.1. The van der Waals surface area contributed by atoms with E-state index in [1.807, 2.05) is 38.1 Å². The molecular formula is C13H15NO. The van der Waals surface area contributed by atoms with Crippen molar-refractivity contribution in [3.63, 3.8) is 0 Å². The first-order valence-electron chi connectivity index (χ1n) is 4.83. The number of allylic oxidation sites excluding steroid dienone is 2. The van der Waals surface area contributed by atoms with Crippen LogP contribution in [0.25, 0.3) is 5.57 Å². The fourth-order valence-corrected chi connectivity index (χ4v) is 1.20. The zero-order valence-electron chi connectivity index (χ0n) is 9.08. The first kappa shape index (κ1) is 11.2. The third kappa shape index (κ3) is 3.43. The number of benzene rings is 1. The Kier molecular flexibility index (Phi) is 3.86. The highest BCUT2D eigenvalue weighted by molar-refractivity contribution is 5.99. The van der Waals surface area contributed by atoms with Crippen molar-refractivity contribution in [2.24, 2.45) is 0 Å². The minimum Gasteiger partial charge on any atom is -0.323 e. The summed E-state index contributed by atoms with van der Waals surface area (Å²) in [6.45, 7) is 7.60. The van der Waals surface area contributed by atoms with Crippen LogP contribution in [0.2, 0.25) is 0 Å². The van der Waals surface area contributed by atoms with Gasteiger partial charge in [-0.2, -0.15) is 0 Å². The average Bonchev–Trinajstić information content (AvgIpc) is 2.18. The summed E-state index contributed by atoms with van der Waals surface area (Å²) in [5.41, 5.74) is 2.81. The third-order valence-electron chi connectivity index (χ3n) is 1.94. The van der Waals surface area contributed by atoms with Gasteiger partial charge in [-0.05, 0) is 37.6 Å². The minimum atomic E-state index is -0.114. The molecule has 0 radical (unpaired) electrons. The summed E-state index contributed by atoms with van der Waals surface area (Å²) in [5, 5.41) is 2.77. The smallest absolute Gasteiger partial charge is 0.248 e. The van der Waals surface area contributed by atoms with Crippen molar-refractivity contribution in [1.82, 2.24) is 0 Å². The Balaban J connectivity index is 2.82. The van der Waals surface area contributed by atoms with Crippen LogP contribution in [-0.2, 0) is 4.79 Å². The highest BCUT2D eigenvalue weighted by Crippen LogP contribution is 2.16. The molecule has 0 saturated carbocycles. The summed E-state index contributed by atoms with van der Waals surface area (Å²) < 4.78 is 0. The van der Waals surface area contributed by atoms with E-state index in [1.54, 1.807) is 6.08 Å². The molecule has 1 aromatic carbocycles. The van der Waals surface area contributed by atoms with E-state index >= 15 is 0 Å². The Hall–Kier alpha value is -1.83. The van der Waals surface area contributed by atoms with E-state index in [9.17, 15) is 4.79 Å². The third-order valence-corrected chi connectivity index (χ3v) is 1.94. The molecule has 2 nitrogen and oxygen atoms in total. The zero-order valence-corrected chi connectivity index (χ0v) is 9.08. The molecule has 0 aliphatic rings. The predicted molar refractivity (Wildman–Crippen MR) is 64.6 cm³/mol. The van der Waals surface area contributed by atoms with E-state index in [1.165, 1.54) is 6.08 Å². The Bertz CT molecular complexity index is 405. The lowest BCUT2D eigenvalue weighted by Crippen LogP contribution is -2.07. The molecule has 0 heterocycles. The van der Waals surface area contributed by atoms with Gasteiger partial charge in [0, 0.05) is 5.69 Å². The monoisotopic (exact) mass is 201 g/mol. The highest BCUT2D eigenvalue weighted by Gasteiger charge is 1.98. The number of nitrogens with one attached hydrogen (secondary N) is 1. The lowest BCUT2D eigenvalue weighted by molar-refractivity contribution is -0.111. The maximum absolute atomic E-state index is 11.3. The van der Waals surface area contributed by atoms with Crippen LogP contribution in [0, 0.1) is 0 Å². The van der Waals surface area contributed by atoms with Crippen LogP contribution in [0.4, 0.5) is 5.69 Å². The fraction of sp³-hybridized carbons (Fsp3) is 0.154. The number of rotatable bonds is 3. The summed E-state index contributed by atoms with van der Waals surface area (Å²) in [7, 11) is 0. The number of hydrogen-bond acceptors (Lipinski definition) is 1. The molecule has 2 heteroatoms. The zero-order chi connectivity index (χ0) is 11.3. The van der Waals surface area contributed by atoms with Crippen LogP contribution in [-0.4, -0.2) is 5.91 Å². The number of anilines is 1. The van der Waals surface area contributed by atoms with Gasteiger partial charge >= 0.3 is 0 Å². The lowest BCUT2D eigenvalue weighted by Gasteiger charge is -2.05. The van der Waals surface area contributed by atoms with Crippen molar-refractivity contribution in [2.45, 2.75) is 13.8 Å². The molecule has 0 aromatic heterocycles. The van der Waals surface area contributed by atoms with Crippen LogP contribution in [0.5, 0.6) is 0 Å². The molecule has 0 fully saturated rings. The van der Waals surface area contributed by atoms with Gasteiger partial charge in [0.15, 0.2) is 0 Å². The van der Waals surface area contributed by atoms with Crippen LogP contribution in [0.1, 0.15) is 19.4 Å². The first-order chi connectivity index (χ1) is 7.13. The molecule has 78 valence electrons. The van der Waals surface area contributed by atoms with Crippen molar-refractivity contribution >= 4 is 17.2 Å². The number of amides is 1. The van der Waals surface area contributed by atoms with Gasteiger partial charge in [0.25, 0.3) is 0 Å². The predicted octanol–water partition coefficient (Wildman–Crippen LogP) is 3.23. The van der Waals surface area contributed by atoms with E-state index in [2.05, 4.69) is 11.9 Å². The van der Waals surface area contributed by atoms with E-state index < -0.39 is 0 Å². The molecule has 1 aromatic rings. The molecule has 0 saturated heterocycles. The van der Waals surface area contributed by atoms with Gasteiger partial charge in [-0.1, -0.05) is 30.4 Å². The second kappa shape index (κ2) is 5.15. The van der Waals surface area contributed by atoms with Gasteiger partial charge in [-0.3, -0.25) is 4.79 Å². The van der Waals surface area contributed by atoms with Crippen molar-refractivity contribution in [1.29, 1.82) is 0 Å². The Morgan fingerprint density at radius 1 is 1.47 bits per heavy atom. The van der Waals surface area contributed by atoms with Crippen LogP contribution in [0.15, 0.2) is 43.0 Å². The molecule has 0 spiro atoms. The summed E-state index contributed by atoms with van der Waals surface area (Å²) in [6.07, 6.45) is 3.20. The van der Waals surface area contributed by atoms with Gasteiger partial charge in [0.2, 0.25) is 5.91 Å². The average molecular weight is 201 g/mol. The summed E-state index contributed by atoms with van der Waals surface area (Å²) >= 11 is 0. The molecular weight excluding hydrogens is 186 g/mol. The summed E-state index contributed by atoms with van der Waals surface area (Å²) in [4.78, 5) is 11.3. The Morgan fingerprint density at radius 3 is 2.80 bits per heavy atom. The maximum atomic E-state index is 11.3. The molecule has 1 N–H and O–H groups in total. The number of carbonyl (C=O) groups excluding carboxylic acids is 1. The fourth-order valence-electron chi connectivity index (χ4n) is 1.20. The molecule has 0 unspecified atom stereocenters. The van der Waals surface area contributed by atoms with E-state index in [4.69, 9.17) is 0 Å². The quantitative estimate of drug-likeness (QED) is 0.747. The normalized spacial score (nSPS) is 10.3. The minimum absolute atomic E-state index is 0.114. The molecule has 1 amide bonds. The van der Waals surface area contributed by atoms with Crippen LogP contribution < -0.4 is 5.32 Å². The Labute approximate surface area is 90.3 Å². The van der Waals surface area contributed by atoms with E-state index in [0.717, 1.165) is 16.8 Å². The van der Waals surface area contributed by atoms with Crippen molar-refractivity contribution < 1.29 is 4.79 Å². The van der Waals surface area contributed by atoms with Gasteiger partial charge < -0.3 is 5.32 Å². The summed E-state index contributed by atoms with van der Waals surface area (Å²) in [5.74, 6) is -0.114. The standard InChI is InChI=1S/C13H15NO/c1-4-6-13(15)14-12-8-5-7-11(9-12)10(2)3/h4-9H,2H2,1,3H3,(H,14,15)/b6-4-. The maximum Gasteiger partial charge on any atom is 0.248 e. The number of carbonyl (C=O) groups is 1. The molecule has 0 atom stereocenters. The SMILES string of the molecule is C=C(C)c1cccc(NC(=O)/C=C\C)c1. The lowest BCUT2D eigenvalue weighted by atomic mass is 10.1. The van der Waals surface area contributed by atoms with E-state index in [0.29, 0.717) is 0 Å². The van der Waals surface area contributed by atoms with Gasteiger partial charge in [0.05, 0.1) is 0 Å².